The summed E-state index contributed by atoms with van der Waals surface area (Å²) in [4.78, 5) is 2.50. The van der Waals surface area contributed by atoms with Crippen LogP contribution in [0.2, 0.25) is 0 Å². The molecule has 1 N–H and O–H groups in total. The van der Waals surface area contributed by atoms with Crippen LogP contribution in [-0.4, -0.2) is 18.6 Å². The minimum Gasteiger partial charge on any atom is -0.369 e. The van der Waals surface area contributed by atoms with Crippen molar-refractivity contribution in [1.29, 1.82) is 0 Å². The number of rotatable bonds is 2. The monoisotopic (exact) mass is 296 g/mol. The lowest BCUT2D eigenvalue weighted by Crippen LogP contribution is -2.47. The van der Waals surface area contributed by atoms with Crippen molar-refractivity contribution in [2.45, 2.75) is 39.3 Å². The van der Waals surface area contributed by atoms with E-state index in [9.17, 15) is 0 Å². The molecule has 1 aliphatic rings. The van der Waals surface area contributed by atoms with Crippen molar-refractivity contribution in [3.05, 3.63) is 28.2 Å². The minimum atomic E-state index is 0.160. The van der Waals surface area contributed by atoms with Crippen LogP contribution < -0.4 is 10.2 Å². The maximum atomic E-state index is 3.70. The molecule has 0 atom stereocenters. The second-order valence-electron chi connectivity index (χ2n) is 5.41. The Hall–Kier alpha value is -0.540. The van der Waals surface area contributed by atoms with Crippen LogP contribution in [0, 0.1) is 0 Å². The largest absolute Gasteiger partial charge is 0.369 e. The Kier molecular flexibility index (Phi) is 3.79. The Balaban J connectivity index is 2.42. The van der Waals surface area contributed by atoms with Crippen molar-refractivity contribution in [1.82, 2.24) is 5.32 Å². The third kappa shape index (κ3) is 2.83. The summed E-state index contributed by atoms with van der Waals surface area (Å²) in [5, 5.41) is 3.63. The average molecular weight is 297 g/mol. The van der Waals surface area contributed by atoms with Gasteiger partial charge in [-0.15, -0.1) is 0 Å². The van der Waals surface area contributed by atoms with E-state index in [2.05, 4.69) is 65.1 Å². The van der Waals surface area contributed by atoms with Gasteiger partial charge in [0.15, 0.2) is 0 Å². The van der Waals surface area contributed by atoms with Gasteiger partial charge >= 0.3 is 0 Å². The number of benzene rings is 1. The molecule has 1 aromatic rings. The van der Waals surface area contributed by atoms with Gasteiger partial charge in [0.1, 0.15) is 0 Å². The summed E-state index contributed by atoms with van der Waals surface area (Å²) in [7, 11) is 0. The highest BCUT2D eigenvalue weighted by atomic mass is 79.9. The van der Waals surface area contributed by atoms with Gasteiger partial charge in [-0.05, 0) is 47.8 Å². The van der Waals surface area contributed by atoms with Crippen molar-refractivity contribution < 1.29 is 0 Å². The van der Waals surface area contributed by atoms with E-state index in [1.54, 1.807) is 0 Å². The van der Waals surface area contributed by atoms with Crippen LogP contribution in [0.25, 0.3) is 0 Å². The fourth-order valence-electron chi connectivity index (χ4n) is 2.46. The first-order valence-electron chi connectivity index (χ1n) is 6.31. The van der Waals surface area contributed by atoms with E-state index in [1.165, 1.54) is 22.1 Å². The molecule has 3 heteroatoms. The Morgan fingerprint density at radius 1 is 1.41 bits per heavy atom. The highest BCUT2D eigenvalue weighted by Crippen LogP contribution is 2.33. The average Bonchev–Trinajstić information content (AvgIpc) is 2.37. The smallest absolute Gasteiger partial charge is 0.0556 e. The van der Waals surface area contributed by atoms with E-state index in [0.29, 0.717) is 0 Å². The lowest BCUT2D eigenvalue weighted by Gasteiger charge is -2.32. The first-order valence-corrected chi connectivity index (χ1v) is 7.10. The minimum absolute atomic E-state index is 0.160. The van der Waals surface area contributed by atoms with Gasteiger partial charge in [-0.2, -0.15) is 0 Å². The van der Waals surface area contributed by atoms with E-state index >= 15 is 0 Å². The summed E-state index contributed by atoms with van der Waals surface area (Å²) < 4.78 is 1.21. The third-order valence-corrected chi connectivity index (χ3v) is 3.86. The number of nitrogens with one attached hydrogen (secondary N) is 1. The van der Waals surface area contributed by atoms with E-state index < -0.39 is 0 Å². The van der Waals surface area contributed by atoms with Crippen molar-refractivity contribution in [2.75, 3.05) is 18.0 Å². The number of halogens is 1. The molecule has 0 saturated heterocycles. The maximum Gasteiger partial charge on any atom is 0.0556 e. The zero-order chi connectivity index (χ0) is 12.5. The summed E-state index contributed by atoms with van der Waals surface area (Å²) in [6.07, 6.45) is 1.18. The summed E-state index contributed by atoms with van der Waals surface area (Å²) in [5.74, 6) is 0. The number of hydrogen-bond donors (Lipinski definition) is 1. The van der Waals surface area contributed by atoms with E-state index in [0.717, 1.165) is 19.6 Å². The van der Waals surface area contributed by atoms with Crippen LogP contribution in [0.3, 0.4) is 0 Å². The molecule has 1 aromatic carbocycles. The van der Waals surface area contributed by atoms with Crippen LogP contribution in [0.1, 0.15) is 32.8 Å². The molecule has 0 unspecified atom stereocenters. The van der Waals surface area contributed by atoms with Crippen LogP contribution >= 0.6 is 15.9 Å². The molecule has 94 valence electrons. The first kappa shape index (κ1) is 12.9. The number of para-hydroxylation sites is 1. The van der Waals surface area contributed by atoms with Crippen molar-refractivity contribution in [3.63, 3.8) is 0 Å². The topological polar surface area (TPSA) is 15.3 Å². The van der Waals surface area contributed by atoms with Gasteiger partial charge in [0.05, 0.1) is 5.69 Å². The van der Waals surface area contributed by atoms with E-state index in [1.807, 2.05) is 0 Å². The predicted molar refractivity (Wildman–Crippen MR) is 77.6 cm³/mol. The molecular weight excluding hydrogens is 276 g/mol. The first-order chi connectivity index (χ1) is 8.03. The lowest BCUT2D eigenvalue weighted by atomic mass is 10.1. The number of hydrogen-bond acceptors (Lipinski definition) is 2. The maximum absolute atomic E-state index is 3.70. The SMILES string of the molecule is CCCN1CC(C)(C)NCc2cccc(Br)c21. The Bertz CT molecular complexity index is 401. The van der Waals surface area contributed by atoms with Gasteiger partial charge < -0.3 is 10.2 Å². The summed E-state index contributed by atoms with van der Waals surface area (Å²) in [5.41, 5.74) is 2.92. The fourth-order valence-corrected chi connectivity index (χ4v) is 3.12. The van der Waals surface area contributed by atoms with Crippen LogP contribution in [-0.2, 0) is 6.54 Å². The predicted octanol–water partition coefficient (Wildman–Crippen LogP) is 3.55. The van der Waals surface area contributed by atoms with Crippen molar-refractivity contribution in [2.24, 2.45) is 0 Å². The number of nitrogens with zero attached hydrogens (tertiary/aromatic N) is 1. The molecule has 1 aliphatic heterocycles. The Labute approximate surface area is 113 Å². The second kappa shape index (κ2) is 4.99. The van der Waals surface area contributed by atoms with Gasteiger partial charge in [-0.25, -0.2) is 0 Å². The molecule has 0 aromatic heterocycles. The normalized spacial score (nSPS) is 18.7. The molecule has 0 radical (unpaired) electrons. The quantitative estimate of drug-likeness (QED) is 0.898. The number of anilines is 1. The van der Waals surface area contributed by atoms with Crippen molar-refractivity contribution >= 4 is 21.6 Å². The molecule has 0 saturated carbocycles. The highest BCUT2D eigenvalue weighted by Gasteiger charge is 2.27. The fraction of sp³-hybridized carbons (Fsp3) is 0.571. The molecule has 2 nitrogen and oxygen atoms in total. The molecule has 0 fully saturated rings. The van der Waals surface area contributed by atoms with Crippen molar-refractivity contribution in [3.8, 4) is 0 Å². The molecule has 0 amide bonds. The molecule has 0 bridgehead atoms. The zero-order valence-electron chi connectivity index (χ0n) is 10.9. The van der Waals surface area contributed by atoms with Gasteiger partial charge in [0, 0.05) is 29.6 Å². The molecule has 17 heavy (non-hydrogen) atoms. The van der Waals surface area contributed by atoms with E-state index in [4.69, 9.17) is 0 Å². The molecule has 1 heterocycles. The van der Waals surface area contributed by atoms with Gasteiger partial charge in [-0.1, -0.05) is 19.1 Å². The number of fused-ring (bicyclic) bond motifs is 1. The summed E-state index contributed by atoms with van der Waals surface area (Å²) in [6.45, 7) is 9.89. The van der Waals surface area contributed by atoms with E-state index in [-0.39, 0.29) is 5.54 Å². The molecule has 0 aliphatic carbocycles. The zero-order valence-corrected chi connectivity index (χ0v) is 12.5. The summed E-state index contributed by atoms with van der Waals surface area (Å²) >= 11 is 3.70. The van der Waals surface area contributed by atoms with Gasteiger partial charge in [0.25, 0.3) is 0 Å². The second-order valence-corrected chi connectivity index (χ2v) is 6.26. The highest BCUT2D eigenvalue weighted by molar-refractivity contribution is 9.10. The van der Waals surface area contributed by atoms with Crippen LogP contribution in [0.15, 0.2) is 22.7 Å². The molecule has 0 spiro atoms. The Morgan fingerprint density at radius 2 is 2.18 bits per heavy atom. The van der Waals surface area contributed by atoms with Crippen LogP contribution in [0.4, 0.5) is 5.69 Å². The third-order valence-electron chi connectivity index (χ3n) is 3.22. The van der Waals surface area contributed by atoms with Gasteiger partial charge in [-0.3, -0.25) is 0 Å². The molecular formula is C14H21BrN2. The van der Waals surface area contributed by atoms with Crippen LogP contribution in [0.5, 0.6) is 0 Å². The lowest BCUT2D eigenvalue weighted by molar-refractivity contribution is 0.395. The summed E-state index contributed by atoms with van der Waals surface area (Å²) in [6, 6.07) is 6.48. The molecule has 2 rings (SSSR count). The van der Waals surface area contributed by atoms with Gasteiger partial charge in [0.2, 0.25) is 0 Å². The standard InChI is InChI=1S/C14H21BrN2/c1-4-8-17-10-14(2,3)16-9-11-6-5-7-12(15)13(11)17/h5-7,16H,4,8-10H2,1-3H3. The Morgan fingerprint density at radius 3 is 2.88 bits per heavy atom.